The normalized spacial score (nSPS) is 12.3. The molecule has 0 aliphatic rings. The van der Waals surface area contributed by atoms with Crippen LogP contribution in [0, 0.1) is 6.92 Å². The highest BCUT2D eigenvalue weighted by atomic mass is 16.5. The topological polar surface area (TPSA) is 54.4 Å². The van der Waals surface area contributed by atoms with E-state index >= 15 is 0 Å². The Balaban J connectivity index is 2.69. The number of anilines is 1. The Labute approximate surface area is 90.3 Å². The predicted molar refractivity (Wildman–Crippen MR) is 60.3 cm³/mol. The summed E-state index contributed by atoms with van der Waals surface area (Å²) in [7, 11) is 1.60. The summed E-state index contributed by atoms with van der Waals surface area (Å²) < 4.78 is 5.16. The van der Waals surface area contributed by atoms with Crippen molar-refractivity contribution in [3.8, 4) is 5.75 Å². The fourth-order valence-corrected chi connectivity index (χ4v) is 1.22. The van der Waals surface area contributed by atoms with E-state index in [-0.39, 0.29) is 6.10 Å². The number of aryl methyl sites for hydroxylation is 1. The Kier molecular flexibility index (Phi) is 4.37. The number of methoxy groups -OCH3 is 1. The molecule has 0 radical (unpaired) electrons. The molecule has 4 nitrogen and oxygen atoms in total. The summed E-state index contributed by atoms with van der Waals surface area (Å²) >= 11 is 0. The first-order chi connectivity index (χ1) is 7.17. The van der Waals surface area contributed by atoms with E-state index in [1.54, 1.807) is 13.3 Å². The van der Waals surface area contributed by atoms with Crippen molar-refractivity contribution in [1.29, 1.82) is 0 Å². The van der Waals surface area contributed by atoms with Gasteiger partial charge in [-0.15, -0.1) is 0 Å². The van der Waals surface area contributed by atoms with Crippen molar-refractivity contribution in [3.63, 3.8) is 0 Å². The molecular weight excluding hydrogens is 192 g/mol. The number of rotatable bonds is 5. The molecule has 1 atom stereocenters. The summed E-state index contributed by atoms with van der Waals surface area (Å²) in [5.74, 6) is 0.698. The zero-order chi connectivity index (χ0) is 11.3. The lowest BCUT2D eigenvalue weighted by Gasteiger charge is -2.13. The van der Waals surface area contributed by atoms with Crippen LogP contribution >= 0.6 is 0 Å². The summed E-state index contributed by atoms with van der Waals surface area (Å²) in [6.45, 7) is 4.39. The van der Waals surface area contributed by atoms with Crippen LogP contribution in [0.15, 0.2) is 12.3 Å². The second-order valence-corrected chi connectivity index (χ2v) is 3.47. The first-order valence-corrected chi connectivity index (χ1v) is 5.10. The zero-order valence-corrected chi connectivity index (χ0v) is 9.45. The molecule has 0 spiro atoms. The van der Waals surface area contributed by atoms with E-state index < -0.39 is 0 Å². The van der Waals surface area contributed by atoms with Crippen molar-refractivity contribution in [2.75, 3.05) is 19.0 Å². The fourth-order valence-electron chi connectivity index (χ4n) is 1.22. The lowest BCUT2D eigenvalue weighted by molar-refractivity contribution is 0.183. The molecule has 0 amide bonds. The van der Waals surface area contributed by atoms with Gasteiger partial charge in [0.15, 0.2) is 5.75 Å². The summed E-state index contributed by atoms with van der Waals surface area (Å²) in [6.07, 6.45) is 2.08. The third-order valence-corrected chi connectivity index (χ3v) is 2.22. The number of hydrogen-bond acceptors (Lipinski definition) is 4. The molecule has 84 valence electrons. The Morgan fingerprint density at radius 3 is 2.93 bits per heavy atom. The Hall–Kier alpha value is -1.29. The van der Waals surface area contributed by atoms with Crippen LogP contribution in [-0.4, -0.2) is 29.8 Å². The quantitative estimate of drug-likeness (QED) is 0.774. The average Bonchev–Trinajstić information content (AvgIpc) is 2.26. The molecule has 1 aromatic rings. The Bertz CT molecular complexity index is 315. The number of aromatic nitrogens is 1. The van der Waals surface area contributed by atoms with Gasteiger partial charge in [0.2, 0.25) is 0 Å². The highest BCUT2D eigenvalue weighted by Gasteiger charge is 2.05. The monoisotopic (exact) mass is 210 g/mol. The van der Waals surface area contributed by atoms with Crippen LogP contribution in [0.3, 0.4) is 0 Å². The van der Waals surface area contributed by atoms with Crippen LogP contribution in [0.2, 0.25) is 0 Å². The molecule has 1 unspecified atom stereocenters. The van der Waals surface area contributed by atoms with Gasteiger partial charge in [0.25, 0.3) is 0 Å². The van der Waals surface area contributed by atoms with Crippen molar-refractivity contribution in [1.82, 2.24) is 4.98 Å². The van der Waals surface area contributed by atoms with E-state index in [0.29, 0.717) is 12.3 Å². The van der Waals surface area contributed by atoms with Gasteiger partial charge in [0.05, 0.1) is 25.1 Å². The first-order valence-electron chi connectivity index (χ1n) is 5.10. The maximum atomic E-state index is 9.43. The molecular formula is C11H18N2O2. The SMILES string of the molecule is CCC(O)CNc1cc(C)ncc1OC. The van der Waals surface area contributed by atoms with Crippen molar-refractivity contribution < 1.29 is 9.84 Å². The van der Waals surface area contributed by atoms with Crippen LogP contribution < -0.4 is 10.1 Å². The molecule has 0 saturated heterocycles. The van der Waals surface area contributed by atoms with Gasteiger partial charge in [-0.05, 0) is 19.4 Å². The highest BCUT2D eigenvalue weighted by molar-refractivity contribution is 5.55. The zero-order valence-electron chi connectivity index (χ0n) is 9.45. The number of nitrogens with one attached hydrogen (secondary N) is 1. The predicted octanol–water partition coefficient (Wildman–Crippen LogP) is 1.58. The molecule has 1 rings (SSSR count). The van der Waals surface area contributed by atoms with Crippen molar-refractivity contribution in [3.05, 3.63) is 18.0 Å². The van der Waals surface area contributed by atoms with E-state index in [1.807, 2.05) is 19.9 Å². The molecule has 1 heterocycles. The molecule has 0 aromatic carbocycles. The molecule has 0 fully saturated rings. The largest absolute Gasteiger partial charge is 0.493 e. The molecule has 0 aliphatic carbocycles. The number of aliphatic hydroxyl groups excluding tert-OH is 1. The minimum Gasteiger partial charge on any atom is -0.493 e. The Morgan fingerprint density at radius 1 is 1.60 bits per heavy atom. The van der Waals surface area contributed by atoms with Gasteiger partial charge in [-0.1, -0.05) is 6.92 Å². The number of aliphatic hydroxyl groups is 1. The fraction of sp³-hybridized carbons (Fsp3) is 0.545. The summed E-state index contributed by atoms with van der Waals surface area (Å²) in [5, 5.41) is 12.6. The second-order valence-electron chi connectivity index (χ2n) is 3.47. The molecule has 15 heavy (non-hydrogen) atoms. The lowest BCUT2D eigenvalue weighted by Crippen LogP contribution is -2.18. The van der Waals surface area contributed by atoms with Crippen LogP contribution in [0.4, 0.5) is 5.69 Å². The number of nitrogens with zero attached hydrogens (tertiary/aromatic N) is 1. The first kappa shape index (κ1) is 11.8. The third kappa shape index (κ3) is 3.40. The van der Waals surface area contributed by atoms with Gasteiger partial charge >= 0.3 is 0 Å². The van der Waals surface area contributed by atoms with Crippen LogP contribution in [0.5, 0.6) is 5.75 Å². The highest BCUT2D eigenvalue weighted by Crippen LogP contribution is 2.23. The standard InChI is InChI=1S/C11H18N2O2/c1-4-9(14)6-13-10-5-8(2)12-7-11(10)15-3/h5,7,9,14H,4,6H2,1-3H3,(H,12,13). The molecule has 4 heteroatoms. The van der Waals surface area contributed by atoms with Crippen LogP contribution in [-0.2, 0) is 0 Å². The lowest BCUT2D eigenvalue weighted by atomic mass is 10.2. The van der Waals surface area contributed by atoms with Crippen molar-refractivity contribution in [2.45, 2.75) is 26.4 Å². The van der Waals surface area contributed by atoms with Crippen molar-refractivity contribution >= 4 is 5.69 Å². The Morgan fingerprint density at radius 2 is 2.33 bits per heavy atom. The van der Waals surface area contributed by atoms with Gasteiger partial charge < -0.3 is 15.2 Å². The molecule has 1 aromatic heterocycles. The second kappa shape index (κ2) is 5.56. The van der Waals surface area contributed by atoms with Crippen molar-refractivity contribution in [2.24, 2.45) is 0 Å². The molecule has 0 bridgehead atoms. The maximum absolute atomic E-state index is 9.43. The van der Waals surface area contributed by atoms with E-state index in [9.17, 15) is 5.11 Å². The minimum atomic E-state index is -0.330. The molecule has 0 saturated carbocycles. The molecule has 0 aliphatic heterocycles. The summed E-state index contributed by atoms with van der Waals surface area (Å²) in [4.78, 5) is 4.13. The minimum absolute atomic E-state index is 0.330. The summed E-state index contributed by atoms with van der Waals surface area (Å²) in [6, 6.07) is 1.90. The average molecular weight is 210 g/mol. The van der Waals surface area contributed by atoms with Crippen LogP contribution in [0.25, 0.3) is 0 Å². The van der Waals surface area contributed by atoms with Gasteiger partial charge in [-0.2, -0.15) is 0 Å². The molecule has 2 N–H and O–H groups in total. The van der Waals surface area contributed by atoms with Gasteiger partial charge in [-0.25, -0.2) is 0 Å². The van der Waals surface area contributed by atoms with E-state index in [0.717, 1.165) is 17.8 Å². The number of hydrogen-bond donors (Lipinski definition) is 2. The maximum Gasteiger partial charge on any atom is 0.160 e. The third-order valence-electron chi connectivity index (χ3n) is 2.22. The summed E-state index contributed by atoms with van der Waals surface area (Å²) in [5.41, 5.74) is 1.79. The van der Waals surface area contributed by atoms with E-state index in [2.05, 4.69) is 10.3 Å². The van der Waals surface area contributed by atoms with E-state index in [1.165, 1.54) is 0 Å². The van der Waals surface area contributed by atoms with Gasteiger partial charge in [0.1, 0.15) is 0 Å². The van der Waals surface area contributed by atoms with Crippen LogP contribution in [0.1, 0.15) is 19.0 Å². The van der Waals surface area contributed by atoms with Gasteiger partial charge in [0, 0.05) is 12.2 Å². The number of pyridine rings is 1. The smallest absolute Gasteiger partial charge is 0.160 e. The van der Waals surface area contributed by atoms with E-state index in [4.69, 9.17) is 4.74 Å². The number of ether oxygens (including phenoxy) is 1. The van der Waals surface area contributed by atoms with Gasteiger partial charge in [-0.3, -0.25) is 4.98 Å².